The second-order valence-corrected chi connectivity index (χ2v) is 7.80. The lowest BCUT2D eigenvalue weighted by Gasteiger charge is -2.17. The Balaban J connectivity index is 1.73. The minimum Gasteiger partial charge on any atom is -0.396 e. The van der Waals surface area contributed by atoms with Crippen molar-refractivity contribution in [2.24, 2.45) is 5.92 Å². The second-order valence-electron chi connectivity index (χ2n) is 6.77. The van der Waals surface area contributed by atoms with Crippen molar-refractivity contribution >= 4 is 27.4 Å². The van der Waals surface area contributed by atoms with Gasteiger partial charge in [0, 0.05) is 12.6 Å². The van der Waals surface area contributed by atoms with E-state index in [0.29, 0.717) is 12.0 Å². The molecular formula is C19H22N4OS. The molecule has 2 heterocycles. The summed E-state index contributed by atoms with van der Waals surface area (Å²) in [5.74, 6) is 2.03. The Morgan fingerprint density at radius 1 is 1.16 bits per heavy atom. The van der Waals surface area contributed by atoms with E-state index in [0.717, 1.165) is 52.7 Å². The van der Waals surface area contributed by atoms with Crippen molar-refractivity contribution in [1.82, 2.24) is 15.0 Å². The molecule has 1 fully saturated rings. The van der Waals surface area contributed by atoms with Crippen LogP contribution in [0.15, 0.2) is 24.3 Å². The Bertz CT molecular complexity index is 875. The quantitative estimate of drug-likeness (QED) is 0.742. The normalized spacial score (nSPS) is 20.3. The van der Waals surface area contributed by atoms with Gasteiger partial charge < -0.3 is 10.4 Å². The van der Waals surface area contributed by atoms with Gasteiger partial charge in [-0.25, -0.2) is 15.0 Å². The van der Waals surface area contributed by atoms with Crippen molar-refractivity contribution in [3.05, 3.63) is 35.8 Å². The van der Waals surface area contributed by atoms with Crippen LogP contribution in [0.4, 0.5) is 5.82 Å². The lowest BCUT2D eigenvalue weighted by atomic mass is 10.1. The first-order chi connectivity index (χ1) is 12.1. The molecule has 4 rings (SSSR count). The lowest BCUT2D eigenvalue weighted by molar-refractivity contribution is 0.229. The molecule has 6 heteroatoms. The minimum atomic E-state index is 0.269. The molecule has 0 saturated heterocycles. The monoisotopic (exact) mass is 354 g/mol. The molecular weight excluding hydrogens is 332 g/mol. The van der Waals surface area contributed by atoms with Gasteiger partial charge >= 0.3 is 0 Å². The van der Waals surface area contributed by atoms with Crippen LogP contribution >= 0.6 is 11.3 Å². The molecule has 0 spiro atoms. The van der Waals surface area contributed by atoms with Gasteiger partial charge in [0.15, 0.2) is 0 Å². The van der Waals surface area contributed by atoms with Gasteiger partial charge in [0.1, 0.15) is 16.6 Å². The maximum Gasteiger partial charge on any atom is 0.140 e. The zero-order chi connectivity index (χ0) is 17.4. The molecule has 2 unspecified atom stereocenters. The van der Waals surface area contributed by atoms with Crippen molar-refractivity contribution in [1.29, 1.82) is 0 Å². The predicted octanol–water partition coefficient (Wildman–Crippen LogP) is 3.94. The minimum absolute atomic E-state index is 0.269. The molecule has 25 heavy (non-hydrogen) atoms. The van der Waals surface area contributed by atoms with Crippen LogP contribution in [0.1, 0.15) is 30.8 Å². The van der Waals surface area contributed by atoms with E-state index in [1.165, 1.54) is 4.70 Å². The van der Waals surface area contributed by atoms with E-state index in [9.17, 15) is 5.11 Å². The number of fused-ring (bicyclic) bond motifs is 1. The van der Waals surface area contributed by atoms with Crippen LogP contribution in [0.25, 0.3) is 20.8 Å². The maximum atomic E-state index is 9.39. The summed E-state index contributed by atoms with van der Waals surface area (Å²) in [7, 11) is 0. The molecule has 1 aromatic carbocycles. The summed E-state index contributed by atoms with van der Waals surface area (Å²) in [6, 6.07) is 8.53. The van der Waals surface area contributed by atoms with Crippen molar-refractivity contribution in [2.45, 2.75) is 39.2 Å². The summed E-state index contributed by atoms with van der Waals surface area (Å²) in [6.45, 7) is 4.21. The Labute approximate surface area is 151 Å². The molecule has 3 aromatic rings. The van der Waals surface area contributed by atoms with E-state index < -0.39 is 0 Å². The van der Waals surface area contributed by atoms with E-state index in [1.807, 2.05) is 32.0 Å². The summed E-state index contributed by atoms with van der Waals surface area (Å²) >= 11 is 1.68. The first-order valence-corrected chi connectivity index (χ1v) is 9.54. The number of aryl methyl sites for hydroxylation is 2. The lowest BCUT2D eigenvalue weighted by Crippen LogP contribution is -2.18. The number of aliphatic hydroxyl groups excluding tert-OH is 1. The number of thiazole rings is 1. The first-order valence-electron chi connectivity index (χ1n) is 8.72. The molecule has 2 N–H and O–H groups in total. The highest BCUT2D eigenvalue weighted by Gasteiger charge is 2.26. The molecule has 2 aromatic heterocycles. The fraction of sp³-hybridized carbons (Fsp3) is 0.421. The molecule has 0 aliphatic heterocycles. The van der Waals surface area contributed by atoms with Gasteiger partial charge in [-0.2, -0.15) is 0 Å². The highest BCUT2D eigenvalue weighted by atomic mass is 32.1. The maximum absolute atomic E-state index is 9.39. The highest BCUT2D eigenvalue weighted by Crippen LogP contribution is 2.37. The average molecular weight is 354 g/mol. The van der Waals surface area contributed by atoms with Gasteiger partial charge in [0.2, 0.25) is 0 Å². The summed E-state index contributed by atoms with van der Waals surface area (Å²) in [5.41, 5.74) is 2.96. The van der Waals surface area contributed by atoms with E-state index in [4.69, 9.17) is 4.98 Å². The van der Waals surface area contributed by atoms with Gasteiger partial charge in [-0.1, -0.05) is 12.1 Å². The van der Waals surface area contributed by atoms with Crippen LogP contribution in [0.2, 0.25) is 0 Å². The molecule has 1 aliphatic carbocycles. The molecule has 0 radical (unpaired) electrons. The molecule has 2 atom stereocenters. The third-order valence-corrected chi connectivity index (χ3v) is 5.90. The van der Waals surface area contributed by atoms with E-state index in [2.05, 4.69) is 21.4 Å². The number of nitrogens with one attached hydrogen (secondary N) is 1. The number of rotatable bonds is 4. The highest BCUT2D eigenvalue weighted by molar-refractivity contribution is 7.21. The molecule has 1 aliphatic rings. The number of anilines is 1. The summed E-state index contributed by atoms with van der Waals surface area (Å²) in [6.07, 6.45) is 3.11. The number of aliphatic hydroxyl groups is 1. The van der Waals surface area contributed by atoms with Gasteiger partial charge in [0.25, 0.3) is 0 Å². The number of para-hydroxylation sites is 1. The first kappa shape index (κ1) is 16.4. The number of benzene rings is 1. The van der Waals surface area contributed by atoms with Crippen LogP contribution in [-0.2, 0) is 0 Å². The van der Waals surface area contributed by atoms with E-state index >= 15 is 0 Å². The van der Waals surface area contributed by atoms with E-state index in [-0.39, 0.29) is 6.61 Å². The zero-order valence-corrected chi connectivity index (χ0v) is 15.3. The number of nitrogens with zero attached hydrogens (tertiary/aromatic N) is 3. The fourth-order valence-corrected chi connectivity index (χ4v) is 4.68. The molecule has 1 saturated carbocycles. The second kappa shape index (κ2) is 6.69. The van der Waals surface area contributed by atoms with Crippen LogP contribution in [0, 0.1) is 19.8 Å². The van der Waals surface area contributed by atoms with Crippen LogP contribution in [-0.4, -0.2) is 32.7 Å². The molecule has 0 bridgehead atoms. The van der Waals surface area contributed by atoms with Gasteiger partial charge in [-0.05, 0) is 51.2 Å². The number of hydrogen-bond donors (Lipinski definition) is 2. The standard InChI is InChI=1S/C19H22N4OS/c1-11-17(19-23-15-5-3-4-6-16(15)25-19)18(21-12(2)20-11)22-14-8-7-13(9-14)10-24/h3-6,13-14,24H,7-10H2,1-2H3,(H,20,21,22). The zero-order valence-electron chi connectivity index (χ0n) is 14.5. The van der Waals surface area contributed by atoms with Crippen molar-refractivity contribution < 1.29 is 5.11 Å². The molecule has 5 nitrogen and oxygen atoms in total. The van der Waals surface area contributed by atoms with E-state index in [1.54, 1.807) is 11.3 Å². The summed E-state index contributed by atoms with van der Waals surface area (Å²) < 4.78 is 1.17. The number of hydrogen-bond acceptors (Lipinski definition) is 6. The van der Waals surface area contributed by atoms with Crippen LogP contribution in [0.3, 0.4) is 0 Å². The third-order valence-electron chi connectivity index (χ3n) is 4.85. The Hall–Kier alpha value is -2.05. The summed E-state index contributed by atoms with van der Waals surface area (Å²) in [5, 5.41) is 13.9. The average Bonchev–Trinajstić information content (AvgIpc) is 3.20. The van der Waals surface area contributed by atoms with Gasteiger partial charge in [-0.3, -0.25) is 0 Å². The molecule has 0 amide bonds. The SMILES string of the molecule is Cc1nc(C)c(-c2nc3ccccc3s2)c(NC2CCC(CO)C2)n1. The smallest absolute Gasteiger partial charge is 0.140 e. The largest absolute Gasteiger partial charge is 0.396 e. The molecule has 130 valence electrons. The Kier molecular flexibility index (Phi) is 4.39. The Morgan fingerprint density at radius 3 is 2.76 bits per heavy atom. The fourth-order valence-electron chi connectivity index (χ4n) is 3.62. The Morgan fingerprint density at radius 2 is 2.00 bits per heavy atom. The predicted molar refractivity (Wildman–Crippen MR) is 102 cm³/mol. The topological polar surface area (TPSA) is 70.9 Å². The van der Waals surface area contributed by atoms with Crippen molar-refractivity contribution in [2.75, 3.05) is 11.9 Å². The van der Waals surface area contributed by atoms with Crippen molar-refractivity contribution in [3.8, 4) is 10.6 Å². The van der Waals surface area contributed by atoms with Gasteiger partial charge in [-0.15, -0.1) is 11.3 Å². The number of aromatic nitrogens is 3. The van der Waals surface area contributed by atoms with Crippen molar-refractivity contribution in [3.63, 3.8) is 0 Å². The third kappa shape index (κ3) is 3.24. The van der Waals surface area contributed by atoms with Crippen LogP contribution < -0.4 is 5.32 Å². The summed E-state index contributed by atoms with van der Waals surface area (Å²) in [4.78, 5) is 14.0. The van der Waals surface area contributed by atoms with Crippen LogP contribution in [0.5, 0.6) is 0 Å². The van der Waals surface area contributed by atoms with Gasteiger partial charge in [0.05, 0.1) is 21.5 Å².